The third-order valence-corrected chi connectivity index (χ3v) is 6.77. The average molecular weight is 339 g/mol. The van der Waals surface area contributed by atoms with E-state index in [4.69, 9.17) is 5.73 Å². The van der Waals surface area contributed by atoms with Crippen LogP contribution in [0.3, 0.4) is 0 Å². The van der Waals surface area contributed by atoms with Crippen molar-refractivity contribution in [3.8, 4) is 0 Å². The van der Waals surface area contributed by atoms with Crippen LogP contribution in [0.15, 0.2) is 23.6 Å². The lowest BCUT2D eigenvalue weighted by molar-refractivity contribution is -0.117. The van der Waals surface area contributed by atoms with E-state index in [0.717, 1.165) is 21.2 Å². The van der Waals surface area contributed by atoms with Crippen LogP contribution in [0.5, 0.6) is 0 Å². The van der Waals surface area contributed by atoms with Gasteiger partial charge in [-0.2, -0.15) is 17.0 Å². The SMILES string of the molecule is CN1CCN(Cc2ccc3scc(CC(N)=O)c3c2)S1(=O)=O. The number of amides is 1. The van der Waals surface area contributed by atoms with Crippen LogP contribution in [0.25, 0.3) is 10.1 Å². The van der Waals surface area contributed by atoms with Gasteiger partial charge in [0.2, 0.25) is 5.91 Å². The summed E-state index contributed by atoms with van der Waals surface area (Å²) in [5, 5.41) is 2.91. The van der Waals surface area contributed by atoms with Crippen molar-refractivity contribution in [2.24, 2.45) is 5.73 Å². The highest BCUT2D eigenvalue weighted by Gasteiger charge is 2.33. The largest absolute Gasteiger partial charge is 0.369 e. The Labute approximate surface area is 133 Å². The second kappa shape index (κ2) is 5.62. The first-order valence-electron chi connectivity index (χ1n) is 6.86. The number of benzene rings is 1. The summed E-state index contributed by atoms with van der Waals surface area (Å²) in [6.45, 7) is 1.35. The Morgan fingerprint density at radius 3 is 2.77 bits per heavy atom. The smallest absolute Gasteiger partial charge is 0.282 e. The number of thiophene rings is 1. The van der Waals surface area contributed by atoms with E-state index < -0.39 is 10.2 Å². The van der Waals surface area contributed by atoms with Gasteiger partial charge in [-0.1, -0.05) is 6.07 Å². The van der Waals surface area contributed by atoms with Gasteiger partial charge in [0.1, 0.15) is 0 Å². The molecule has 0 atom stereocenters. The lowest BCUT2D eigenvalue weighted by Crippen LogP contribution is -2.30. The molecule has 1 fully saturated rings. The molecule has 6 nitrogen and oxygen atoms in total. The minimum atomic E-state index is -3.34. The van der Waals surface area contributed by atoms with E-state index in [0.29, 0.717) is 19.6 Å². The highest BCUT2D eigenvalue weighted by Crippen LogP contribution is 2.28. The quantitative estimate of drug-likeness (QED) is 0.899. The zero-order valence-corrected chi connectivity index (χ0v) is 13.8. The molecule has 2 aromatic rings. The lowest BCUT2D eigenvalue weighted by Gasteiger charge is -2.15. The van der Waals surface area contributed by atoms with E-state index in [1.54, 1.807) is 18.4 Å². The number of hydrogen-bond donors (Lipinski definition) is 1. The molecule has 1 aliphatic heterocycles. The fourth-order valence-electron chi connectivity index (χ4n) is 2.60. The van der Waals surface area contributed by atoms with Crippen LogP contribution in [0.4, 0.5) is 0 Å². The number of primary amides is 1. The summed E-state index contributed by atoms with van der Waals surface area (Å²) in [4.78, 5) is 11.1. The van der Waals surface area contributed by atoms with Crippen LogP contribution in [-0.4, -0.2) is 43.1 Å². The Balaban J connectivity index is 1.90. The molecular formula is C14H17N3O3S2. The summed E-state index contributed by atoms with van der Waals surface area (Å²) in [7, 11) is -1.75. The van der Waals surface area contributed by atoms with Crippen molar-refractivity contribution in [3.05, 3.63) is 34.7 Å². The number of likely N-dealkylation sites (N-methyl/N-ethyl adjacent to an activating group) is 1. The third-order valence-electron chi connectivity index (χ3n) is 3.83. The first-order chi connectivity index (χ1) is 10.4. The highest BCUT2D eigenvalue weighted by molar-refractivity contribution is 7.86. The van der Waals surface area contributed by atoms with Crippen LogP contribution in [-0.2, 0) is 28.0 Å². The van der Waals surface area contributed by atoms with Crippen LogP contribution < -0.4 is 5.73 Å². The highest BCUT2D eigenvalue weighted by atomic mass is 32.2. The average Bonchev–Trinajstić information content (AvgIpc) is 2.94. The van der Waals surface area contributed by atoms with E-state index in [2.05, 4.69) is 0 Å². The van der Waals surface area contributed by atoms with Gasteiger partial charge in [-0.3, -0.25) is 4.79 Å². The van der Waals surface area contributed by atoms with E-state index in [1.165, 1.54) is 8.61 Å². The van der Waals surface area contributed by atoms with Gasteiger partial charge in [-0.25, -0.2) is 0 Å². The number of fused-ring (bicyclic) bond motifs is 1. The van der Waals surface area contributed by atoms with Crippen molar-refractivity contribution < 1.29 is 13.2 Å². The molecular weight excluding hydrogens is 322 g/mol. The van der Waals surface area contributed by atoms with Crippen LogP contribution >= 0.6 is 11.3 Å². The van der Waals surface area contributed by atoms with Gasteiger partial charge in [-0.15, -0.1) is 11.3 Å². The molecule has 0 aliphatic carbocycles. The number of rotatable bonds is 4. The van der Waals surface area contributed by atoms with Gasteiger partial charge in [0.25, 0.3) is 10.2 Å². The van der Waals surface area contributed by atoms with Crippen LogP contribution in [0.1, 0.15) is 11.1 Å². The Morgan fingerprint density at radius 1 is 1.36 bits per heavy atom. The van der Waals surface area contributed by atoms with Gasteiger partial charge in [-0.05, 0) is 34.0 Å². The second-order valence-electron chi connectivity index (χ2n) is 5.40. The minimum Gasteiger partial charge on any atom is -0.369 e. The monoisotopic (exact) mass is 339 g/mol. The summed E-state index contributed by atoms with van der Waals surface area (Å²) in [5.41, 5.74) is 7.08. The molecule has 0 spiro atoms. The predicted octanol–water partition coefficient (Wildman–Crippen LogP) is 0.921. The molecule has 0 radical (unpaired) electrons. The van der Waals surface area contributed by atoms with Crippen molar-refractivity contribution in [3.63, 3.8) is 0 Å². The molecule has 1 aromatic heterocycles. The lowest BCUT2D eigenvalue weighted by atomic mass is 10.1. The predicted molar refractivity (Wildman–Crippen MR) is 86.7 cm³/mol. The third kappa shape index (κ3) is 2.74. The molecule has 8 heteroatoms. The maximum absolute atomic E-state index is 12.1. The molecule has 0 saturated carbocycles. The zero-order chi connectivity index (χ0) is 15.9. The first kappa shape index (κ1) is 15.4. The first-order valence-corrected chi connectivity index (χ1v) is 9.14. The molecule has 2 heterocycles. The molecule has 0 bridgehead atoms. The van der Waals surface area contributed by atoms with Crippen molar-refractivity contribution in [1.82, 2.24) is 8.61 Å². The van der Waals surface area contributed by atoms with E-state index in [9.17, 15) is 13.2 Å². The van der Waals surface area contributed by atoms with Crippen molar-refractivity contribution in [2.45, 2.75) is 13.0 Å². The number of carbonyl (C=O) groups excluding carboxylic acids is 1. The van der Waals surface area contributed by atoms with Gasteiger partial charge in [0.05, 0.1) is 6.42 Å². The van der Waals surface area contributed by atoms with Gasteiger partial charge < -0.3 is 5.73 Å². The molecule has 1 amide bonds. The molecule has 0 unspecified atom stereocenters. The molecule has 3 rings (SSSR count). The summed E-state index contributed by atoms with van der Waals surface area (Å²) in [5.74, 6) is -0.367. The molecule has 1 saturated heterocycles. The Hall–Kier alpha value is -1.48. The Bertz CT molecular complexity index is 829. The van der Waals surface area contributed by atoms with E-state index in [1.807, 2.05) is 23.6 Å². The maximum Gasteiger partial charge on any atom is 0.282 e. The van der Waals surface area contributed by atoms with Crippen molar-refractivity contribution in [2.75, 3.05) is 20.1 Å². The number of nitrogens with zero attached hydrogens (tertiary/aromatic N) is 2. The summed E-state index contributed by atoms with van der Waals surface area (Å²) in [6.07, 6.45) is 0.203. The number of hydrogen-bond acceptors (Lipinski definition) is 4. The fourth-order valence-corrected chi connectivity index (χ4v) is 4.87. The fraction of sp³-hybridized carbons (Fsp3) is 0.357. The van der Waals surface area contributed by atoms with Crippen molar-refractivity contribution in [1.29, 1.82) is 0 Å². The minimum absolute atomic E-state index is 0.203. The maximum atomic E-state index is 12.1. The van der Waals surface area contributed by atoms with Gasteiger partial charge in [0.15, 0.2) is 0 Å². The number of nitrogens with two attached hydrogens (primary N) is 1. The molecule has 118 valence electrons. The second-order valence-corrected chi connectivity index (χ2v) is 8.34. The van der Waals surface area contributed by atoms with Crippen LogP contribution in [0.2, 0.25) is 0 Å². The zero-order valence-electron chi connectivity index (χ0n) is 12.2. The standard InChI is InChI=1S/C14H17N3O3S2/c1-16-4-5-17(22(16,19)20)8-10-2-3-13-12(6-10)11(9-21-13)7-14(15)18/h2-3,6,9H,4-5,7-8H2,1H3,(H2,15,18). The van der Waals surface area contributed by atoms with Crippen molar-refractivity contribution >= 4 is 37.5 Å². The number of carbonyl (C=O) groups is 1. The normalized spacial score (nSPS) is 19.0. The van der Waals surface area contributed by atoms with Gasteiger partial charge >= 0.3 is 0 Å². The van der Waals surface area contributed by atoms with E-state index >= 15 is 0 Å². The molecule has 1 aromatic carbocycles. The molecule has 22 heavy (non-hydrogen) atoms. The Kier molecular flexibility index (Phi) is 3.94. The summed E-state index contributed by atoms with van der Waals surface area (Å²) < 4.78 is 28.1. The molecule has 2 N–H and O–H groups in total. The van der Waals surface area contributed by atoms with Gasteiger partial charge in [0, 0.05) is 31.4 Å². The molecule has 1 aliphatic rings. The summed E-state index contributed by atoms with van der Waals surface area (Å²) in [6, 6.07) is 5.85. The van der Waals surface area contributed by atoms with Crippen LogP contribution in [0, 0.1) is 0 Å². The Morgan fingerprint density at radius 2 is 2.14 bits per heavy atom. The summed E-state index contributed by atoms with van der Waals surface area (Å²) >= 11 is 1.56. The van der Waals surface area contributed by atoms with E-state index in [-0.39, 0.29) is 12.3 Å². The topological polar surface area (TPSA) is 83.7 Å².